The van der Waals surface area contributed by atoms with Gasteiger partial charge in [-0.05, 0) is 19.3 Å². The van der Waals surface area contributed by atoms with Gasteiger partial charge in [-0.2, -0.15) is 5.10 Å². The van der Waals surface area contributed by atoms with Gasteiger partial charge in [0.15, 0.2) is 9.84 Å². The fourth-order valence-electron chi connectivity index (χ4n) is 2.17. The van der Waals surface area contributed by atoms with E-state index < -0.39 is 9.84 Å². The first-order valence-corrected chi connectivity index (χ1v) is 7.07. The largest absolute Gasteiger partial charge is 0.396 e. The molecule has 2 heterocycles. The summed E-state index contributed by atoms with van der Waals surface area (Å²) in [6.07, 6.45) is 4.54. The molecule has 0 aromatic carbocycles. The minimum atomic E-state index is -2.91. The van der Waals surface area contributed by atoms with Gasteiger partial charge < -0.3 is 5.11 Å². The van der Waals surface area contributed by atoms with Crippen LogP contribution in [-0.2, 0) is 15.4 Å². The van der Waals surface area contributed by atoms with E-state index in [1.165, 1.54) is 6.33 Å². The number of aliphatic hydroxyl groups excluding tert-OH is 1. The SMILES string of the molecule is O=S1(=O)CCC(CCO)(n2cncn2)CC1. The fraction of sp³-hybridized carbons (Fsp3) is 0.778. The van der Waals surface area contributed by atoms with E-state index in [4.69, 9.17) is 5.11 Å². The van der Waals surface area contributed by atoms with Crippen LogP contribution >= 0.6 is 0 Å². The number of hydrogen-bond donors (Lipinski definition) is 1. The van der Waals surface area contributed by atoms with Crippen LogP contribution in [0.3, 0.4) is 0 Å². The molecule has 2 rings (SSSR count). The summed E-state index contributed by atoms with van der Waals surface area (Å²) in [5.74, 6) is 0.319. The minimum absolute atomic E-state index is 0.0277. The fourth-order valence-corrected chi connectivity index (χ4v) is 3.76. The molecule has 90 valence electrons. The minimum Gasteiger partial charge on any atom is -0.396 e. The smallest absolute Gasteiger partial charge is 0.150 e. The van der Waals surface area contributed by atoms with Gasteiger partial charge in [-0.3, -0.25) is 0 Å². The van der Waals surface area contributed by atoms with Crippen molar-refractivity contribution in [2.45, 2.75) is 24.8 Å². The zero-order valence-electron chi connectivity index (χ0n) is 8.91. The third-order valence-corrected chi connectivity index (χ3v) is 4.89. The van der Waals surface area contributed by atoms with Crippen molar-refractivity contribution in [2.75, 3.05) is 18.1 Å². The van der Waals surface area contributed by atoms with Gasteiger partial charge in [-0.15, -0.1) is 0 Å². The molecule has 0 atom stereocenters. The molecule has 0 saturated carbocycles. The first-order valence-electron chi connectivity index (χ1n) is 5.24. The second-order valence-corrected chi connectivity index (χ2v) is 6.49. The lowest BCUT2D eigenvalue weighted by atomic mass is 9.89. The lowest BCUT2D eigenvalue weighted by Gasteiger charge is -2.36. The Morgan fingerprint density at radius 1 is 1.38 bits per heavy atom. The van der Waals surface area contributed by atoms with Crippen molar-refractivity contribution < 1.29 is 13.5 Å². The third kappa shape index (κ3) is 2.10. The molecule has 0 spiro atoms. The van der Waals surface area contributed by atoms with Crippen molar-refractivity contribution in [2.24, 2.45) is 0 Å². The highest BCUT2D eigenvalue weighted by molar-refractivity contribution is 7.91. The van der Waals surface area contributed by atoms with Gasteiger partial charge in [-0.1, -0.05) is 0 Å². The van der Waals surface area contributed by atoms with Crippen molar-refractivity contribution in [3.8, 4) is 0 Å². The first kappa shape index (κ1) is 11.5. The molecule has 0 radical (unpaired) electrons. The Morgan fingerprint density at radius 3 is 2.56 bits per heavy atom. The van der Waals surface area contributed by atoms with E-state index in [0.29, 0.717) is 19.3 Å². The average molecular weight is 245 g/mol. The number of aromatic nitrogens is 3. The molecule has 6 nitrogen and oxygen atoms in total. The van der Waals surface area contributed by atoms with Crippen molar-refractivity contribution in [3.05, 3.63) is 12.7 Å². The Morgan fingerprint density at radius 2 is 2.06 bits per heavy atom. The predicted octanol–water partition coefficient (Wildman–Crippen LogP) is -0.436. The maximum absolute atomic E-state index is 11.4. The number of nitrogens with zero attached hydrogens (tertiary/aromatic N) is 3. The molecule has 0 unspecified atom stereocenters. The molecule has 1 aliphatic rings. The lowest BCUT2D eigenvalue weighted by Crippen LogP contribution is -2.43. The summed E-state index contributed by atoms with van der Waals surface area (Å²) >= 11 is 0. The number of hydrogen-bond acceptors (Lipinski definition) is 5. The Labute approximate surface area is 94.2 Å². The van der Waals surface area contributed by atoms with Crippen molar-refractivity contribution in [1.82, 2.24) is 14.8 Å². The van der Waals surface area contributed by atoms with Crippen LogP contribution in [0, 0.1) is 0 Å². The number of sulfone groups is 1. The van der Waals surface area contributed by atoms with Gasteiger partial charge >= 0.3 is 0 Å². The van der Waals surface area contributed by atoms with Gasteiger partial charge in [0.1, 0.15) is 12.7 Å². The van der Waals surface area contributed by atoms with Crippen molar-refractivity contribution >= 4 is 9.84 Å². The van der Waals surface area contributed by atoms with Gasteiger partial charge in [-0.25, -0.2) is 18.1 Å². The van der Waals surface area contributed by atoms with Crippen molar-refractivity contribution in [1.29, 1.82) is 0 Å². The molecule has 0 bridgehead atoms. The molecule has 0 aliphatic carbocycles. The molecule has 1 N–H and O–H groups in total. The molecule has 7 heteroatoms. The summed E-state index contributed by atoms with van der Waals surface area (Å²) in [6, 6.07) is 0. The van der Waals surface area contributed by atoms with E-state index in [9.17, 15) is 8.42 Å². The second kappa shape index (κ2) is 4.14. The molecule has 1 saturated heterocycles. The standard InChI is InChI=1S/C9H15N3O3S/c13-4-1-9(12-8-10-7-11-12)2-5-16(14,15)6-3-9/h7-8,13H,1-6H2. The number of rotatable bonds is 3. The molecular weight excluding hydrogens is 230 g/mol. The highest BCUT2D eigenvalue weighted by Gasteiger charge is 2.39. The third-order valence-electron chi connectivity index (χ3n) is 3.24. The van der Waals surface area contributed by atoms with Crippen LogP contribution < -0.4 is 0 Å². The maximum atomic E-state index is 11.4. The molecule has 16 heavy (non-hydrogen) atoms. The van der Waals surface area contributed by atoms with Gasteiger partial charge in [0.2, 0.25) is 0 Å². The van der Waals surface area contributed by atoms with Gasteiger partial charge in [0, 0.05) is 6.61 Å². The second-order valence-electron chi connectivity index (χ2n) is 4.19. The highest BCUT2D eigenvalue weighted by Crippen LogP contribution is 2.33. The Balaban J connectivity index is 2.25. The molecule has 1 aromatic rings. The predicted molar refractivity (Wildman–Crippen MR) is 57.6 cm³/mol. The van der Waals surface area contributed by atoms with Gasteiger partial charge in [0.25, 0.3) is 0 Å². The zero-order valence-corrected chi connectivity index (χ0v) is 9.73. The summed E-state index contributed by atoms with van der Waals surface area (Å²) < 4.78 is 24.5. The maximum Gasteiger partial charge on any atom is 0.150 e. The average Bonchev–Trinajstić information content (AvgIpc) is 2.76. The normalized spacial score (nSPS) is 23.1. The summed E-state index contributed by atoms with van der Waals surface area (Å²) in [6.45, 7) is 0.0277. The number of aliphatic hydroxyl groups is 1. The summed E-state index contributed by atoms with van der Waals surface area (Å²) in [5, 5.41) is 13.2. The topological polar surface area (TPSA) is 85.1 Å². The Kier molecular flexibility index (Phi) is 2.98. The van der Waals surface area contributed by atoms with E-state index in [-0.39, 0.29) is 23.7 Å². The molecule has 0 amide bonds. The Bertz CT molecular complexity index is 427. The lowest BCUT2D eigenvalue weighted by molar-refractivity contribution is 0.155. The van der Waals surface area contributed by atoms with Crippen LogP contribution in [0.1, 0.15) is 19.3 Å². The first-order chi connectivity index (χ1) is 7.58. The van der Waals surface area contributed by atoms with Crippen LogP contribution in [0.5, 0.6) is 0 Å². The quantitative estimate of drug-likeness (QED) is 0.780. The summed E-state index contributed by atoms with van der Waals surface area (Å²) in [5.41, 5.74) is -0.378. The van der Waals surface area contributed by atoms with Crippen LogP contribution in [0.2, 0.25) is 0 Å². The van der Waals surface area contributed by atoms with Crippen LogP contribution in [0.25, 0.3) is 0 Å². The zero-order chi connectivity index (χ0) is 11.6. The van der Waals surface area contributed by atoms with Crippen LogP contribution in [0.15, 0.2) is 12.7 Å². The monoisotopic (exact) mass is 245 g/mol. The Hall–Kier alpha value is -0.950. The molecule has 1 aromatic heterocycles. The van der Waals surface area contributed by atoms with Crippen LogP contribution in [0.4, 0.5) is 0 Å². The van der Waals surface area contributed by atoms with E-state index in [1.807, 2.05) is 0 Å². The van der Waals surface area contributed by atoms with E-state index >= 15 is 0 Å². The summed E-state index contributed by atoms with van der Waals surface area (Å²) in [4.78, 5) is 3.88. The molecule has 1 fully saturated rings. The summed E-state index contributed by atoms with van der Waals surface area (Å²) in [7, 11) is -2.91. The van der Waals surface area contributed by atoms with E-state index in [2.05, 4.69) is 10.1 Å². The molecular formula is C9H15N3O3S. The highest BCUT2D eigenvalue weighted by atomic mass is 32.2. The van der Waals surface area contributed by atoms with E-state index in [0.717, 1.165) is 0 Å². The van der Waals surface area contributed by atoms with E-state index in [1.54, 1.807) is 11.0 Å². The van der Waals surface area contributed by atoms with Crippen molar-refractivity contribution in [3.63, 3.8) is 0 Å². The van der Waals surface area contributed by atoms with Gasteiger partial charge in [0.05, 0.1) is 17.0 Å². The van der Waals surface area contributed by atoms with Crippen LogP contribution in [-0.4, -0.2) is 46.4 Å². The molecule has 1 aliphatic heterocycles.